The van der Waals surface area contributed by atoms with Crippen LogP contribution in [0.3, 0.4) is 0 Å². The summed E-state index contributed by atoms with van der Waals surface area (Å²) >= 11 is 0. The molecule has 8 nitrogen and oxygen atoms in total. The van der Waals surface area contributed by atoms with Crippen molar-refractivity contribution in [3.8, 4) is 23.0 Å². The molecule has 4 atom stereocenters. The Bertz CT molecular complexity index is 936. The Labute approximate surface area is 186 Å². The molecule has 0 aliphatic carbocycles. The fraction of sp³-hybridized carbons (Fsp3) is 0.417. The van der Waals surface area contributed by atoms with Gasteiger partial charge in [0.15, 0.2) is 23.0 Å². The van der Waals surface area contributed by atoms with E-state index in [1.807, 2.05) is 24.3 Å². The van der Waals surface area contributed by atoms with Crippen LogP contribution in [0.5, 0.6) is 23.0 Å². The number of hydrogen-bond donors (Lipinski definition) is 0. The Morgan fingerprint density at radius 2 is 1.12 bits per heavy atom. The smallest absolute Gasteiger partial charge is 0.308 e. The van der Waals surface area contributed by atoms with Crippen LogP contribution in [0.2, 0.25) is 0 Å². The molecule has 2 aromatic carbocycles. The summed E-state index contributed by atoms with van der Waals surface area (Å²) in [6.07, 6.45) is -0.319. The van der Waals surface area contributed by atoms with Crippen LogP contribution in [0.25, 0.3) is 0 Å². The van der Waals surface area contributed by atoms with Crippen LogP contribution in [-0.4, -0.2) is 39.4 Å². The van der Waals surface area contributed by atoms with Crippen molar-refractivity contribution in [1.82, 2.24) is 0 Å². The average Bonchev–Trinajstić information content (AvgIpc) is 3.36. The van der Waals surface area contributed by atoms with E-state index < -0.39 is 11.9 Å². The predicted octanol–water partition coefficient (Wildman–Crippen LogP) is 3.63. The Morgan fingerprint density at radius 1 is 0.719 bits per heavy atom. The molecular weight excluding hydrogens is 416 g/mol. The number of carbonyl (C=O) groups excluding carboxylic acids is 2. The zero-order valence-corrected chi connectivity index (χ0v) is 18.5. The average molecular weight is 442 g/mol. The summed E-state index contributed by atoms with van der Waals surface area (Å²) in [7, 11) is 3.07. The quantitative estimate of drug-likeness (QED) is 0.495. The number of esters is 2. The summed E-state index contributed by atoms with van der Waals surface area (Å²) < 4.78 is 33.5. The van der Waals surface area contributed by atoms with E-state index in [2.05, 4.69) is 0 Å². The van der Waals surface area contributed by atoms with Crippen LogP contribution < -0.4 is 18.9 Å². The molecule has 2 saturated heterocycles. The summed E-state index contributed by atoms with van der Waals surface area (Å²) in [5, 5.41) is 0. The third-order valence-corrected chi connectivity index (χ3v) is 5.80. The maximum absolute atomic E-state index is 11.3. The van der Waals surface area contributed by atoms with E-state index in [9.17, 15) is 9.59 Å². The monoisotopic (exact) mass is 442 g/mol. The van der Waals surface area contributed by atoms with E-state index in [4.69, 9.17) is 28.4 Å². The minimum absolute atomic E-state index is 0.156. The Morgan fingerprint density at radius 3 is 1.47 bits per heavy atom. The van der Waals surface area contributed by atoms with Crippen molar-refractivity contribution in [2.24, 2.45) is 11.8 Å². The zero-order valence-electron chi connectivity index (χ0n) is 18.5. The van der Waals surface area contributed by atoms with Crippen LogP contribution in [-0.2, 0) is 19.1 Å². The van der Waals surface area contributed by atoms with Gasteiger partial charge in [-0.05, 0) is 35.4 Å². The van der Waals surface area contributed by atoms with Crippen molar-refractivity contribution < 1.29 is 38.0 Å². The molecule has 0 amide bonds. The molecule has 8 heteroatoms. The number of rotatable bonds is 6. The first kappa shape index (κ1) is 22.1. The summed E-state index contributed by atoms with van der Waals surface area (Å²) in [4.78, 5) is 22.6. The van der Waals surface area contributed by atoms with Crippen LogP contribution in [0.1, 0.15) is 37.2 Å². The van der Waals surface area contributed by atoms with Gasteiger partial charge in [-0.15, -0.1) is 0 Å². The van der Waals surface area contributed by atoms with Gasteiger partial charge in [-0.1, -0.05) is 12.1 Å². The second-order valence-electron chi connectivity index (χ2n) is 7.84. The third kappa shape index (κ3) is 4.28. The molecule has 0 bridgehead atoms. The van der Waals surface area contributed by atoms with Crippen molar-refractivity contribution >= 4 is 11.9 Å². The number of ether oxygens (including phenoxy) is 6. The molecule has 0 N–H and O–H groups in total. The molecule has 0 saturated carbocycles. The maximum atomic E-state index is 11.3. The van der Waals surface area contributed by atoms with Gasteiger partial charge >= 0.3 is 11.9 Å². The lowest BCUT2D eigenvalue weighted by molar-refractivity contribution is -0.132. The van der Waals surface area contributed by atoms with Gasteiger partial charge in [0.25, 0.3) is 0 Å². The number of fused-ring (bicyclic) bond motifs is 1. The molecular formula is C24H26O8. The first-order valence-electron chi connectivity index (χ1n) is 10.4. The molecule has 32 heavy (non-hydrogen) atoms. The standard InChI is InChI=1S/C24H26O8/c1-13(25)31-19-7-5-15(9-21(19)27-3)23-17-11-30-24(18(17)12-29-23)16-6-8-20(32-14(2)26)22(10-16)28-4/h5-10,17-18,23-24H,11-12H2,1-4H3/t17-,18-,23?,24?/m0/s1. The molecule has 0 spiro atoms. The van der Waals surface area contributed by atoms with Crippen molar-refractivity contribution in [2.75, 3.05) is 27.4 Å². The molecule has 0 aromatic heterocycles. The highest BCUT2D eigenvalue weighted by Crippen LogP contribution is 2.51. The van der Waals surface area contributed by atoms with Gasteiger partial charge in [0, 0.05) is 25.7 Å². The Hall–Kier alpha value is -3.10. The van der Waals surface area contributed by atoms with E-state index in [1.165, 1.54) is 28.1 Å². The van der Waals surface area contributed by atoms with E-state index in [0.29, 0.717) is 36.2 Å². The normalized spacial score (nSPS) is 24.0. The van der Waals surface area contributed by atoms with Crippen LogP contribution in [0.15, 0.2) is 36.4 Å². The van der Waals surface area contributed by atoms with Crippen LogP contribution in [0, 0.1) is 11.8 Å². The Kier molecular flexibility index (Phi) is 6.34. The topological polar surface area (TPSA) is 89.5 Å². The molecule has 0 radical (unpaired) electrons. The van der Waals surface area contributed by atoms with Crippen LogP contribution >= 0.6 is 0 Å². The second kappa shape index (κ2) is 9.18. The molecule has 2 fully saturated rings. The van der Waals surface area contributed by atoms with Crippen molar-refractivity contribution in [2.45, 2.75) is 26.1 Å². The van der Waals surface area contributed by atoms with Gasteiger partial charge in [0.1, 0.15) is 0 Å². The van der Waals surface area contributed by atoms with Gasteiger partial charge < -0.3 is 28.4 Å². The maximum Gasteiger partial charge on any atom is 0.308 e. The van der Waals surface area contributed by atoms with Gasteiger partial charge in [-0.25, -0.2) is 0 Å². The molecule has 2 aromatic rings. The fourth-order valence-corrected chi connectivity index (χ4v) is 4.44. The number of methoxy groups -OCH3 is 2. The summed E-state index contributed by atoms with van der Waals surface area (Å²) in [5.74, 6) is 1.20. The van der Waals surface area contributed by atoms with E-state index in [1.54, 1.807) is 12.1 Å². The largest absolute Gasteiger partial charge is 0.493 e. The summed E-state index contributed by atoms with van der Waals surface area (Å²) in [5.41, 5.74) is 1.88. The summed E-state index contributed by atoms with van der Waals surface area (Å²) in [6, 6.07) is 10.9. The molecule has 2 heterocycles. The lowest BCUT2D eigenvalue weighted by atomic mass is 9.85. The van der Waals surface area contributed by atoms with Gasteiger partial charge in [0.05, 0.1) is 39.6 Å². The first-order valence-corrected chi connectivity index (χ1v) is 10.4. The zero-order chi connectivity index (χ0) is 22.8. The van der Waals surface area contributed by atoms with Crippen molar-refractivity contribution in [3.05, 3.63) is 47.5 Å². The van der Waals surface area contributed by atoms with Gasteiger partial charge in [-0.2, -0.15) is 0 Å². The fourth-order valence-electron chi connectivity index (χ4n) is 4.44. The van der Waals surface area contributed by atoms with Crippen molar-refractivity contribution in [1.29, 1.82) is 0 Å². The van der Waals surface area contributed by atoms with E-state index in [0.717, 1.165) is 11.1 Å². The Balaban J connectivity index is 1.54. The number of hydrogen-bond acceptors (Lipinski definition) is 8. The van der Waals surface area contributed by atoms with Gasteiger partial charge in [-0.3, -0.25) is 9.59 Å². The minimum Gasteiger partial charge on any atom is -0.493 e. The highest BCUT2D eigenvalue weighted by Gasteiger charge is 2.48. The highest BCUT2D eigenvalue weighted by molar-refractivity contribution is 5.71. The number of benzene rings is 2. The SMILES string of the molecule is COc1cc(C2OC[C@@H]3C(c4ccc(OC(C)=O)c(OC)c4)OC[C@H]23)ccc1OC(C)=O. The molecule has 4 rings (SSSR count). The highest BCUT2D eigenvalue weighted by atomic mass is 16.6. The molecule has 2 aliphatic heterocycles. The lowest BCUT2D eigenvalue weighted by Gasteiger charge is -2.18. The number of carbonyl (C=O) groups is 2. The lowest BCUT2D eigenvalue weighted by Crippen LogP contribution is -2.15. The first-order chi connectivity index (χ1) is 15.4. The molecule has 2 unspecified atom stereocenters. The minimum atomic E-state index is -0.407. The molecule has 2 aliphatic rings. The predicted molar refractivity (Wildman–Crippen MR) is 113 cm³/mol. The summed E-state index contributed by atoms with van der Waals surface area (Å²) in [6.45, 7) is 3.79. The van der Waals surface area contributed by atoms with E-state index >= 15 is 0 Å². The van der Waals surface area contributed by atoms with Crippen LogP contribution in [0.4, 0.5) is 0 Å². The third-order valence-electron chi connectivity index (χ3n) is 5.80. The van der Waals surface area contributed by atoms with Crippen molar-refractivity contribution in [3.63, 3.8) is 0 Å². The van der Waals surface area contributed by atoms with Gasteiger partial charge in [0.2, 0.25) is 0 Å². The molecule has 170 valence electrons. The second-order valence-corrected chi connectivity index (χ2v) is 7.84. The van der Waals surface area contributed by atoms with E-state index in [-0.39, 0.29) is 24.0 Å².